The van der Waals surface area contributed by atoms with Crippen molar-refractivity contribution in [2.75, 3.05) is 13.2 Å². The maximum absolute atomic E-state index is 8.84. The summed E-state index contributed by atoms with van der Waals surface area (Å²) < 4.78 is 10.1. The van der Waals surface area contributed by atoms with E-state index in [-0.39, 0.29) is 6.10 Å². The molecule has 11 heavy (non-hydrogen) atoms. The number of hydrogen-bond donors (Lipinski definition) is 1. The van der Waals surface area contributed by atoms with Gasteiger partial charge in [0, 0.05) is 0 Å². The van der Waals surface area contributed by atoms with Crippen molar-refractivity contribution in [2.45, 2.75) is 26.1 Å². The maximum atomic E-state index is 8.84. The first-order valence-electron chi connectivity index (χ1n) is 3.69. The molecule has 2 unspecified atom stereocenters. The summed E-state index contributed by atoms with van der Waals surface area (Å²) in [6.07, 6.45) is 0.964. The summed E-state index contributed by atoms with van der Waals surface area (Å²) in [4.78, 5) is 0. The molecule has 0 amide bonds. The zero-order valence-electron chi connectivity index (χ0n) is 7.12. The second-order valence-electron chi connectivity index (χ2n) is 2.49. The number of hydrogen-bond acceptors (Lipinski definition) is 3. The van der Waals surface area contributed by atoms with E-state index in [2.05, 4.69) is 6.58 Å². The molecule has 0 radical (unpaired) electrons. The highest BCUT2D eigenvalue weighted by Crippen LogP contribution is 1.93. The second-order valence-corrected chi connectivity index (χ2v) is 2.49. The molecule has 0 aromatic rings. The lowest BCUT2D eigenvalue weighted by Gasteiger charge is -2.13. The summed E-state index contributed by atoms with van der Waals surface area (Å²) >= 11 is 0. The molecule has 0 aliphatic rings. The highest BCUT2D eigenvalue weighted by atomic mass is 16.5. The van der Waals surface area contributed by atoms with Gasteiger partial charge in [0.05, 0.1) is 25.1 Å². The average molecular weight is 160 g/mol. The summed E-state index contributed by atoms with van der Waals surface area (Å²) in [6.45, 7) is 7.79. The van der Waals surface area contributed by atoms with Gasteiger partial charge in [-0.15, -0.1) is 0 Å². The molecule has 3 heteroatoms. The Morgan fingerprint density at radius 2 is 2.09 bits per heavy atom. The van der Waals surface area contributed by atoms with Crippen LogP contribution in [-0.2, 0) is 9.47 Å². The van der Waals surface area contributed by atoms with Crippen molar-refractivity contribution in [3.05, 3.63) is 12.8 Å². The van der Waals surface area contributed by atoms with Gasteiger partial charge in [-0.1, -0.05) is 6.58 Å². The van der Waals surface area contributed by atoms with Crippen LogP contribution in [0.25, 0.3) is 0 Å². The van der Waals surface area contributed by atoms with Crippen molar-refractivity contribution in [3.63, 3.8) is 0 Å². The third-order valence-corrected chi connectivity index (χ3v) is 1.07. The zero-order valence-corrected chi connectivity index (χ0v) is 7.12. The lowest BCUT2D eigenvalue weighted by Crippen LogP contribution is -2.20. The van der Waals surface area contributed by atoms with Crippen molar-refractivity contribution in [2.24, 2.45) is 0 Å². The molecule has 0 heterocycles. The minimum Gasteiger partial charge on any atom is -0.499 e. The maximum Gasteiger partial charge on any atom is 0.113 e. The van der Waals surface area contributed by atoms with Crippen LogP contribution in [0.2, 0.25) is 0 Å². The van der Waals surface area contributed by atoms with Crippen LogP contribution in [-0.4, -0.2) is 30.5 Å². The van der Waals surface area contributed by atoms with Crippen molar-refractivity contribution >= 4 is 0 Å². The topological polar surface area (TPSA) is 38.7 Å². The normalized spacial score (nSPS) is 15.5. The minimum absolute atomic E-state index is 0.00241. The van der Waals surface area contributed by atoms with E-state index in [1.165, 1.54) is 6.26 Å². The zero-order chi connectivity index (χ0) is 8.69. The molecule has 0 spiro atoms. The van der Waals surface area contributed by atoms with Crippen LogP contribution < -0.4 is 0 Å². The standard InChI is InChI=1S/C8H16O3/c1-4-10-6-8(3)11-5-7(2)9/h4,7-9H,1,5-6H2,2-3H3. The van der Waals surface area contributed by atoms with Gasteiger partial charge < -0.3 is 14.6 Å². The lowest BCUT2D eigenvalue weighted by atomic mass is 10.4. The molecule has 0 saturated carbocycles. The molecule has 0 bridgehead atoms. The van der Waals surface area contributed by atoms with Gasteiger partial charge in [-0.05, 0) is 13.8 Å². The van der Waals surface area contributed by atoms with Gasteiger partial charge in [0.25, 0.3) is 0 Å². The Hall–Kier alpha value is -0.540. The fourth-order valence-electron chi connectivity index (χ4n) is 0.555. The van der Waals surface area contributed by atoms with Gasteiger partial charge in [-0.2, -0.15) is 0 Å². The number of ether oxygens (including phenoxy) is 2. The first-order chi connectivity index (χ1) is 5.16. The Morgan fingerprint density at radius 1 is 1.45 bits per heavy atom. The molecule has 0 aliphatic heterocycles. The fourth-order valence-corrected chi connectivity index (χ4v) is 0.555. The molecule has 0 aromatic heterocycles. The molecule has 0 aliphatic carbocycles. The van der Waals surface area contributed by atoms with Crippen molar-refractivity contribution in [3.8, 4) is 0 Å². The Balaban J connectivity index is 3.21. The third-order valence-electron chi connectivity index (χ3n) is 1.07. The van der Waals surface area contributed by atoms with Crippen LogP contribution in [0.1, 0.15) is 13.8 Å². The molecule has 1 N–H and O–H groups in total. The van der Waals surface area contributed by atoms with E-state index >= 15 is 0 Å². The molecular weight excluding hydrogens is 144 g/mol. The molecule has 0 fully saturated rings. The predicted molar refractivity (Wildman–Crippen MR) is 43.2 cm³/mol. The smallest absolute Gasteiger partial charge is 0.113 e. The number of aliphatic hydroxyl groups is 1. The van der Waals surface area contributed by atoms with E-state index in [1.807, 2.05) is 6.92 Å². The molecule has 0 aromatic carbocycles. The Labute approximate surface area is 67.6 Å². The van der Waals surface area contributed by atoms with Crippen LogP contribution in [0.5, 0.6) is 0 Å². The summed E-state index contributed by atoms with van der Waals surface area (Å²) in [6, 6.07) is 0. The molecule has 0 rings (SSSR count). The summed E-state index contributed by atoms with van der Waals surface area (Å²) in [7, 11) is 0. The molecular formula is C8H16O3. The van der Waals surface area contributed by atoms with E-state index in [1.54, 1.807) is 6.92 Å². The Kier molecular flexibility index (Phi) is 5.88. The van der Waals surface area contributed by atoms with Gasteiger partial charge in [-0.3, -0.25) is 0 Å². The number of rotatable bonds is 6. The molecule has 3 nitrogen and oxygen atoms in total. The van der Waals surface area contributed by atoms with Crippen LogP contribution in [0.15, 0.2) is 12.8 Å². The summed E-state index contributed by atoms with van der Waals surface area (Å²) in [5, 5.41) is 8.84. The van der Waals surface area contributed by atoms with Gasteiger partial charge in [-0.25, -0.2) is 0 Å². The summed E-state index contributed by atoms with van der Waals surface area (Å²) in [5.41, 5.74) is 0. The van der Waals surface area contributed by atoms with Gasteiger partial charge >= 0.3 is 0 Å². The fraction of sp³-hybridized carbons (Fsp3) is 0.750. The van der Waals surface area contributed by atoms with Crippen molar-refractivity contribution in [1.82, 2.24) is 0 Å². The molecule has 0 saturated heterocycles. The van der Waals surface area contributed by atoms with E-state index in [4.69, 9.17) is 14.6 Å². The monoisotopic (exact) mass is 160 g/mol. The predicted octanol–water partition coefficient (Wildman–Crippen LogP) is 0.932. The first kappa shape index (κ1) is 10.5. The van der Waals surface area contributed by atoms with E-state index in [0.717, 1.165) is 0 Å². The second kappa shape index (κ2) is 6.19. The van der Waals surface area contributed by atoms with E-state index in [9.17, 15) is 0 Å². The lowest BCUT2D eigenvalue weighted by molar-refractivity contribution is -0.0204. The summed E-state index contributed by atoms with van der Waals surface area (Å²) in [5.74, 6) is 0. The van der Waals surface area contributed by atoms with Crippen molar-refractivity contribution in [1.29, 1.82) is 0 Å². The third kappa shape index (κ3) is 7.36. The first-order valence-corrected chi connectivity index (χ1v) is 3.69. The highest BCUT2D eigenvalue weighted by molar-refractivity contribution is 4.54. The van der Waals surface area contributed by atoms with Gasteiger partial charge in [0.15, 0.2) is 0 Å². The Morgan fingerprint density at radius 3 is 2.55 bits per heavy atom. The average Bonchev–Trinajstić information content (AvgIpc) is 1.97. The molecule has 66 valence electrons. The molecule has 2 atom stereocenters. The highest BCUT2D eigenvalue weighted by Gasteiger charge is 2.03. The number of aliphatic hydroxyl groups excluding tert-OH is 1. The van der Waals surface area contributed by atoms with Gasteiger partial charge in [0.2, 0.25) is 0 Å². The Bertz CT molecular complexity index is 102. The van der Waals surface area contributed by atoms with E-state index in [0.29, 0.717) is 13.2 Å². The van der Waals surface area contributed by atoms with Crippen LogP contribution in [0.3, 0.4) is 0 Å². The van der Waals surface area contributed by atoms with Crippen LogP contribution in [0.4, 0.5) is 0 Å². The van der Waals surface area contributed by atoms with E-state index < -0.39 is 6.10 Å². The quantitative estimate of drug-likeness (QED) is 0.587. The van der Waals surface area contributed by atoms with Crippen molar-refractivity contribution < 1.29 is 14.6 Å². The largest absolute Gasteiger partial charge is 0.499 e. The SMILES string of the molecule is C=COCC(C)OCC(C)O. The minimum atomic E-state index is -0.416. The van der Waals surface area contributed by atoms with Crippen LogP contribution >= 0.6 is 0 Å². The van der Waals surface area contributed by atoms with Gasteiger partial charge in [0.1, 0.15) is 6.61 Å². The van der Waals surface area contributed by atoms with Crippen LogP contribution in [0, 0.1) is 0 Å².